The van der Waals surface area contributed by atoms with Gasteiger partial charge in [-0.3, -0.25) is 4.79 Å². The number of carbonyl (C=O) groups is 1. The Morgan fingerprint density at radius 3 is 2.94 bits per heavy atom. The molecule has 1 amide bonds. The Morgan fingerprint density at radius 2 is 2.17 bits per heavy atom. The molecule has 90 valence electrons. The van der Waals surface area contributed by atoms with Gasteiger partial charge in [0, 0.05) is 5.56 Å². The molecule has 1 aromatic carbocycles. The van der Waals surface area contributed by atoms with Gasteiger partial charge in [-0.25, -0.2) is 4.39 Å². The van der Waals surface area contributed by atoms with Crippen molar-refractivity contribution in [3.63, 3.8) is 0 Å². The van der Waals surface area contributed by atoms with Crippen LogP contribution >= 0.6 is 11.3 Å². The second-order valence-electron chi connectivity index (χ2n) is 3.65. The number of fused-ring (bicyclic) bond motifs is 1. The van der Waals surface area contributed by atoms with Crippen LogP contribution in [-0.2, 0) is 0 Å². The van der Waals surface area contributed by atoms with Crippen molar-refractivity contribution in [2.45, 2.75) is 0 Å². The smallest absolute Gasteiger partial charge is 0.271 e. The molecule has 3 rings (SSSR count). The van der Waals surface area contributed by atoms with E-state index in [1.54, 1.807) is 17.5 Å². The molecule has 3 N–H and O–H groups in total. The Labute approximate surface area is 104 Å². The second-order valence-corrected chi connectivity index (χ2v) is 4.57. The molecular formula is C11H7FN4OS. The average Bonchev–Trinajstić information content (AvgIpc) is 2.97. The molecule has 0 unspecified atom stereocenters. The lowest BCUT2D eigenvalue weighted by atomic mass is 10.1. The van der Waals surface area contributed by atoms with Gasteiger partial charge < -0.3 is 5.73 Å². The third kappa shape index (κ3) is 1.48. The standard InChI is InChI=1S/C11H7FN4OS/c12-7-6(2-1-5-3-4-18-10(5)7)8-9(11(13)17)15-16-14-8/h1-4H,(H2,13,17)(H,14,15,16). The number of benzene rings is 1. The van der Waals surface area contributed by atoms with Crippen molar-refractivity contribution in [2.75, 3.05) is 0 Å². The normalized spacial score (nSPS) is 10.9. The molecule has 2 aromatic heterocycles. The number of nitrogens with one attached hydrogen (secondary N) is 1. The van der Waals surface area contributed by atoms with Crippen LogP contribution in [0.2, 0.25) is 0 Å². The number of halogens is 1. The lowest BCUT2D eigenvalue weighted by molar-refractivity contribution is 0.0996. The minimum Gasteiger partial charge on any atom is -0.364 e. The number of aromatic nitrogens is 3. The van der Waals surface area contributed by atoms with E-state index in [-0.39, 0.29) is 17.0 Å². The monoisotopic (exact) mass is 262 g/mol. The van der Waals surface area contributed by atoms with E-state index >= 15 is 0 Å². The Hall–Kier alpha value is -2.28. The van der Waals surface area contributed by atoms with E-state index in [1.165, 1.54) is 11.3 Å². The first-order valence-electron chi connectivity index (χ1n) is 5.05. The third-order valence-electron chi connectivity index (χ3n) is 2.60. The van der Waals surface area contributed by atoms with Crippen LogP contribution in [0.1, 0.15) is 10.5 Å². The number of aromatic amines is 1. The van der Waals surface area contributed by atoms with Gasteiger partial charge in [-0.1, -0.05) is 6.07 Å². The molecule has 0 saturated carbocycles. The maximum atomic E-state index is 14.3. The molecule has 0 atom stereocenters. The highest BCUT2D eigenvalue weighted by Crippen LogP contribution is 2.31. The second kappa shape index (κ2) is 3.88. The molecule has 0 aliphatic rings. The van der Waals surface area contributed by atoms with Crippen LogP contribution in [0.5, 0.6) is 0 Å². The van der Waals surface area contributed by atoms with Crippen molar-refractivity contribution in [1.82, 2.24) is 15.4 Å². The van der Waals surface area contributed by atoms with Gasteiger partial charge in [-0.2, -0.15) is 15.4 Å². The first-order valence-corrected chi connectivity index (χ1v) is 5.93. The summed E-state index contributed by atoms with van der Waals surface area (Å²) in [5, 5.41) is 12.3. The van der Waals surface area contributed by atoms with Crippen molar-refractivity contribution >= 4 is 27.3 Å². The van der Waals surface area contributed by atoms with Gasteiger partial charge in [-0.05, 0) is 22.9 Å². The van der Waals surface area contributed by atoms with Crippen LogP contribution in [0.15, 0.2) is 23.6 Å². The van der Waals surface area contributed by atoms with E-state index in [4.69, 9.17) is 5.73 Å². The Bertz CT molecular complexity index is 748. The van der Waals surface area contributed by atoms with E-state index in [0.29, 0.717) is 4.70 Å². The summed E-state index contributed by atoms with van der Waals surface area (Å²) >= 11 is 1.29. The van der Waals surface area contributed by atoms with Crippen LogP contribution in [0.4, 0.5) is 4.39 Å². The SMILES string of the molecule is NC(=O)c1n[nH]nc1-c1ccc2ccsc2c1F. The molecule has 0 aliphatic heterocycles. The van der Waals surface area contributed by atoms with Crippen molar-refractivity contribution in [2.24, 2.45) is 5.73 Å². The molecule has 2 heterocycles. The lowest BCUT2D eigenvalue weighted by Crippen LogP contribution is -2.13. The highest BCUT2D eigenvalue weighted by molar-refractivity contribution is 7.17. The van der Waals surface area contributed by atoms with E-state index in [1.807, 2.05) is 6.07 Å². The molecule has 0 saturated heterocycles. The maximum Gasteiger partial charge on any atom is 0.271 e. The van der Waals surface area contributed by atoms with Crippen molar-refractivity contribution in [3.8, 4) is 11.3 Å². The number of hydrogen-bond acceptors (Lipinski definition) is 4. The highest BCUT2D eigenvalue weighted by Gasteiger charge is 2.19. The predicted molar refractivity (Wildman–Crippen MR) is 65.7 cm³/mol. The summed E-state index contributed by atoms with van der Waals surface area (Å²) in [7, 11) is 0. The van der Waals surface area contributed by atoms with Crippen LogP contribution in [0.3, 0.4) is 0 Å². The summed E-state index contributed by atoms with van der Waals surface area (Å²) in [6, 6.07) is 5.16. The number of nitrogens with zero attached hydrogens (tertiary/aromatic N) is 2. The van der Waals surface area contributed by atoms with Crippen LogP contribution in [0, 0.1) is 5.82 Å². The minimum absolute atomic E-state index is 0.0650. The summed E-state index contributed by atoms with van der Waals surface area (Å²) in [6.07, 6.45) is 0. The zero-order chi connectivity index (χ0) is 12.7. The minimum atomic E-state index is -0.746. The number of thiophene rings is 1. The van der Waals surface area contributed by atoms with Gasteiger partial charge >= 0.3 is 0 Å². The van der Waals surface area contributed by atoms with Crippen molar-refractivity contribution < 1.29 is 9.18 Å². The molecule has 0 fully saturated rings. The molecule has 0 spiro atoms. The maximum absolute atomic E-state index is 14.3. The van der Waals surface area contributed by atoms with Gasteiger partial charge in [0.2, 0.25) is 0 Å². The number of carbonyl (C=O) groups excluding carboxylic acids is 1. The molecule has 0 radical (unpaired) electrons. The first kappa shape index (κ1) is 10.8. The quantitative estimate of drug-likeness (QED) is 0.740. The molecule has 5 nitrogen and oxygen atoms in total. The van der Waals surface area contributed by atoms with Gasteiger partial charge in [0.05, 0.1) is 4.70 Å². The fourth-order valence-electron chi connectivity index (χ4n) is 1.77. The van der Waals surface area contributed by atoms with Crippen molar-refractivity contribution in [1.29, 1.82) is 0 Å². The highest BCUT2D eigenvalue weighted by atomic mass is 32.1. The predicted octanol–water partition coefficient (Wildman–Crippen LogP) is 1.92. The lowest BCUT2D eigenvalue weighted by Gasteiger charge is -2.01. The zero-order valence-corrected chi connectivity index (χ0v) is 9.79. The summed E-state index contributed by atoms with van der Waals surface area (Å²) in [4.78, 5) is 11.2. The fourth-order valence-corrected chi connectivity index (χ4v) is 2.61. The zero-order valence-electron chi connectivity index (χ0n) is 8.98. The number of nitrogens with two attached hydrogens (primary N) is 1. The largest absolute Gasteiger partial charge is 0.364 e. The Morgan fingerprint density at radius 1 is 1.33 bits per heavy atom. The molecule has 0 aliphatic carbocycles. The topological polar surface area (TPSA) is 84.7 Å². The van der Waals surface area contributed by atoms with E-state index in [9.17, 15) is 9.18 Å². The number of H-pyrrole nitrogens is 1. The molecule has 18 heavy (non-hydrogen) atoms. The van der Waals surface area contributed by atoms with Crippen LogP contribution in [-0.4, -0.2) is 21.3 Å². The number of rotatable bonds is 2. The number of hydrogen-bond donors (Lipinski definition) is 2. The summed E-state index contributed by atoms with van der Waals surface area (Å²) in [5.74, 6) is -1.16. The van der Waals surface area contributed by atoms with Gasteiger partial charge in [-0.15, -0.1) is 11.3 Å². The molecule has 0 bridgehead atoms. The number of amides is 1. The van der Waals surface area contributed by atoms with E-state index < -0.39 is 11.7 Å². The van der Waals surface area contributed by atoms with Gasteiger partial charge in [0.25, 0.3) is 5.91 Å². The van der Waals surface area contributed by atoms with Gasteiger partial charge in [0.1, 0.15) is 5.69 Å². The van der Waals surface area contributed by atoms with Gasteiger partial charge in [0.15, 0.2) is 11.5 Å². The Kier molecular flexibility index (Phi) is 2.34. The summed E-state index contributed by atoms with van der Waals surface area (Å²) in [5.41, 5.74) is 5.44. The number of primary amides is 1. The Balaban J connectivity index is 2.28. The molecule has 3 aromatic rings. The van der Waals surface area contributed by atoms with E-state index in [2.05, 4.69) is 15.4 Å². The fraction of sp³-hybridized carbons (Fsp3) is 0. The molecule has 7 heteroatoms. The first-order chi connectivity index (χ1) is 8.68. The van der Waals surface area contributed by atoms with Crippen molar-refractivity contribution in [3.05, 3.63) is 35.1 Å². The van der Waals surface area contributed by atoms with E-state index in [0.717, 1.165) is 5.39 Å². The van der Waals surface area contributed by atoms with Crippen LogP contribution in [0.25, 0.3) is 21.3 Å². The summed E-state index contributed by atoms with van der Waals surface area (Å²) in [6.45, 7) is 0. The summed E-state index contributed by atoms with van der Waals surface area (Å²) < 4.78 is 14.8. The van der Waals surface area contributed by atoms with Crippen LogP contribution < -0.4 is 5.73 Å². The average molecular weight is 262 g/mol. The third-order valence-corrected chi connectivity index (χ3v) is 3.52. The molecular weight excluding hydrogens is 255 g/mol.